The highest BCUT2D eigenvalue weighted by Gasteiger charge is 2.15. The predicted octanol–water partition coefficient (Wildman–Crippen LogP) is 3.87. The number of aldehydes is 1. The Labute approximate surface area is 114 Å². The van der Waals surface area contributed by atoms with E-state index in [2.05, 4.69) is 0 Å². The quantitative estimate of drug-likeness (QED) is 0.482. The number of carbonyl (C=O) groups excluding carboxylic acids is 1. The summed E-state index contributed by atoms with van der Waals surface area (Å²) in [6.07, 6.45) is 0.605. The number of hydrogen-bond acceptors (Lipinski definition) is 4. The van der Waals surface area contributed by atoms with Gasteiger partial charge in [0.2, 0.25) is 0 Å². The average molecular weight is 273 g/mol. The third kappa shape index (κ3) is 3.20. The second-order valence-electron chi connectivity index (χ2n) is 4.02. The van der Waals surface area contributed by atoms with Crippen LogP contribution in [0.3, 0.4) is 0 Å². The topological polar surface area (TPSA) is 60.2 Å². The molecule has 0 radical (unpaired) electrons. The average Bonchev–Trinajstić information content (AvgIpc) is 2.39. The van der Waals surface area contributed by atoms with Crippen LogP contribution in [0, 0.1) is 17.0 Å². The normalized spacial score (nSPS) is 10.2. The lowest BCUT2D eigenvalue weighted by molar-refractivity contribution is -0.387. The Hall–Kier alpha value is -2.14. The number of nitro groups is 1. The van der Waals surface area contributed by atoms with Crippen LogP contribution in [0.5, 0.6) is 0 Å². The number of aryl methyl sites for hydroxylation is 1. The Morgan fingerprint density at radius 1 is 1.21 bits per heavy atom. The molecule has 2 aromatic rings. The molecule has 4 nitrogen and oxygen atoms in total. The van der Waals surface area contributed by atoms with Crippen molar-refractivity contribution in [2.24, 2.45) is 0 Å². The Bertz CT molecular complexity index is 640. The maximum Gasteiger partial charge on any atom is 0.283 e. The SMILES string of the molecule is Cc1cccc(Sc2ccc(C=O)cc2[N+](=O)[O-])c1. The molecule has 0 aromatic heterocycles. The van der Waals surface area contributed by atoms with Crippen molar-refractivity contribution in [1.29, 1.82) is 0 Å². The molecule has 5 heteroatoms. The molecule has 0 aliphatic rings. The van der Waals surface area contributed by atoms with Crippen LogP contribution >= 0.6 is 11.8 Å². The minimum atomic E-state index is -0.467. The van der Waals surface area contributed by atoms with Gasteiger partial charge in [0.25, 0.3) is 5.69 Å². The monoisotopic (exact) mass is 273 g/mol. The van der Waals surface area contributed by atoms with E-state index in [1.807, 2.05) is 31.2 Å². The van der Waals surface area contributed by atoms with Crippen LogP contribution in [-0.4, -0.2) is 11.2 Å². The van der Waals surface area contributed by atoms with Crippen LogP contribution in [0.25, 0.3) is 0 Å². The summed E-state index contributed by atoms with van der Waals surface area (Å²) in [5, 5.41) is 11.0. The lowest BCUT2D eigenvalue weighted by Crippen LogP contribution is -1.93. The van der Waals surface area contributed by atoms with E-state index >= 15 is 0 Å². The molecule has 0 fully saturated rings. The van der Waals surface area contributed by atoms with Gasteiger partial charge in [0.15, 0.2) is 0 Å². The van der Waals surface area contributed by atoms with Crippen LogP contribution < -0.4 is 0 Å². The first kappa shape index (κ1) is 13.3. The van der Waals surface area contributed by atoms with Gasteiger partial charge in [-0.15, -0.1) is 0 Å². The summed E-state index contributed by atoms with van der Waals surface area (Å²) in [5.41, 5.74) is 1.36. The minimum Gasteiger partial charge on any atom is -0.298 e. The fourth-order valence-corrected chi connectivity index (χ4v) is 2.66. The zero-order chi connectivity index (χ0) is 13.8. The first-order valence-corrected chi connectivity index (χ1v) is 6.40. The Morgan fingerprint density at radius 3 is 2.63 bits per heavy atom. The van der Waals surface area contributed by atoms with E-state index in [4.69, 9.17) is 0 Å². The van der Waals surface area contributed by atoms with Gasteiger partial charge < -0.3 is 0 Å². The van der Waals surface area contributed by atoms with Gasteiger partial charge in [0.05, 0.1) is 9.82 Å². The van der Waals surface area contributed by atoms with Crippen molar-refractivity contribution in [3.63, 3.8) is 0 Å². The van der Waals surface area contributed by atoms with E-state index in [9.17, 15) is 14.9 Å². The molecular formula is C14H11NO3S. The van der Waals surface area contributed by atoms with Crippen molar-refractivity contribution in [2.45, 2.75) is 16.7 Å². The third-order valence-corrected chi connectivity index (χ3v) is 3.59. The second kappa shape index (κ2) is 5.67. The molecule has 2 rings (SSSR count). The number of nitrogens with zero attached hydrogens (tertiary/aromatic N) is 1. The first-order valence-electron chi connectivity index (χ1n) is 5.58. The second-order valence-corrected chi connectivity index (χ2v) is 5.14. The van der Waals surface area contributed by atoms with Crippen LogP contribution in [0.4, 0.5) is 5.69 Å². The molecule has 0 aliphatic heterocycles. The predicted molar refractivity (Wildman–Crippen MR) is 73.8 cm³/mol. The number of hydrogen-bond donors (Lipinski definition) is 0. The summed E-state index contributed by atoms with van der Waals surface area (Å²) >= 11 is 1.32. The van der Waals surface area contributed by atoms with Gasteiger partial charge in [-0.3, -0.25) is 14.9 Å². The summed E-state index contributed by atoms with van der Waals surface area (Å²) in [6, 6.07) is 12.2. The van der Waals surface area contributed by atoms with Gasteiger partial charge in [-0.1, -0.05) is 35.5 Å². The van der Waals surface area contributed by atoms with Crippen molar-refractivity contribution in [3.8, 4) is 0 Å². The standard InChI is InChI=1S/C14H11NO3S/c1-10-3-2-4-12(7-10)19-14-6-5-11(9-16)8-13(14)15(17)18/h2-9H,1H3. The van der Waals surface area contributed by atoms with Crippen molar-refractivity contribution >= 4 is 23.7 Å². The molecule has 2 aromatic carbocycles. The molecule has 0 bridgehead atoms. The smallest absolute Gasteiger partial charge is 0.283 e. The summed E-state index contributed by atoms with van der Waals surface area (Å²) in [4.78, 5) is 22.7. The first-order chi connectivity index (χ1) is 9.10. The fraction of sp³-hybridized carbons (Fsp3) is 0.0714. The number of nitro benzene ring substituents is 1. The van der Waals surface area contributed by atoms with Crippen LogP contribution in [-0.2, 0) is 0 Å². The molecule has 0 spiro atoms. The van der Waals surface area contributed by atoms with E-state index in [-0.39, 0.29) is 5.69 Å². The molecular weight excluding hydrogens is 262 g/mol. The maximum absolute atomic E-state index is 11.0. The number of benzene rings is 2. The highest BCUT2D eigenvalue weighted by Crippen LogP contribution is 2.35. The summed E-state index contributed by atoms with van der Waals surface area (Å²) in [7, 11) is 0. The van der Waals surface area contributed by atoms with Crippen molar-refractivity contribution in [1.82, 2.24) is 0 Å². The van der Waals surface area contributed by atoms with Gasteiger partial charge in [-0.25, -0.2) is 0 Å². The maximum atomic E-state index is 11.0. The lowest BCUT2D eigenvalue weighted by Gasteiger charge is -2.04. The van der Waals surface area contributed by atoms with E-state index < -0.39 is 4.92 Å². The molecule has 0 saturated heterocycles. The molecule has 0 heterocycles. The summed E-state index contributed by atoms with van der Waals surface area (Å²) in [6.45, 7) is 1.97. The van der Waals surface area contributed by atoms with E-state index in [1.165, 1.54) is 17.8 Å². The molecule has 19 heavy (non-hydrogen) atoms. The highest BCUT2D eigenvalue weighted by molar-refractivity contribution is 7.99. The molecule has 0 aliphatic carbocycles. The Balaban J connectivity index is 2.39. The van der Waals surface area contributed by atoms with Crippen molar-refractivity contribution < 1.29 is 9.72 Å². The van der Waals surface area contributed by atoms with Gasteiger partial charge >= 0.3 is 0 Å². The van der Waals surface area contributed by atoms with Gasteiger partial charge in [0, 0.05) is 16.5 Å². The third-order valence-electron chi connectivity index (χ3n) is 2.53. The fourth-order valence-electron chi connectivity index (χ4n) is 1.64. The Kier molecular flexibility index (Phi) is 3.97. The van der Waals surface area contributed by atoms with Crippen molar-refractivity contribution in [3.05, 3.63) is 63.7 Å². The summed E-state index contributed by atoms with van der Waals surface area (Å²) < 4.78 is 0. The van der Waals surface area contributed by atoms with Gasteiger partial charge in [0.1, 0.15) is 6.29 Å². The lowest BCUT2D eigenvalue weighted by atomic mass is 10.2. The molecule has 0 N–H and O–H groups in total. The molecule has 0 atom stereocenters. The highest BCUT2D eigenvalue weighted by atomic mass is 32.2. The van der Waals surface area contributed by atoms with Crippen LogP contribution in [0.15, 0.2) is 52.3 Å². The molecule has 0 saturated carbocycles. The zero-order valence-corrected chi connectivity index (χ0v) is 11.0. The largest absolute Gasteiger partial charge is 0.298 e. The number of rotatable bonds is 4. The van der Waals surface area contributed by atoms with Crippen LogP contribution in [0.2, 0.25) is 0 Å². The summed E-state index contributed by atoms with van der Waals surface area (Å²) in [5.74, 6) is 0. The molecule has 96 valence electrons. The van der Waals surface area contributed by atoms with E-state index in [0.717, 1.165) is 10.5 Å². The molecule has 0 unspecified atom stereocenters. The minimum absolute atomic E-state index is 0.0453. The van der Waals surface area contributed by atoms with E-state index in [1.54, 1.807) is 12.1 Å². The van der Waals surface area contributed by atoms with Crippen molar-refractivity contribution in [2.75, 3.05) is 0 Å². The van der Waals surface area contributed by atoms with E-state index in [0.29, 0.717) is 16.7 Å². The zero-order valence-electron chi connectivity index (χ0n) is 10.2. The Morgan fingerprint density at radius 2 is 2.00 bits per heavy atom. The van der Waals surface area contributed by atoms with Crippen LogP contribution in [0.1, 0.15) is 15.9 Å². The molecule has 0 amide bonds. The number of carbonyl (C=O) groups is 1. The van der Waals surface area contributed by atoms with Gasteiger partial charge in [-0.2, -0.15) is 0 Å². The van der Waals surface area contributed by atoms with Gasteiger partial charge in [-0.05, 0) is 25.1 Å².